The molecule has 0 amide bonds. The van der Waals surface area contributed by atoms with Crippen molar-refractivity contribution in [2.45, 2.75) is 19.9 Å². The first-order valence-electron chi connectivity index (χ1n) is 3.00. The fraction of sp³-hybridized carbons (Fsp3) is 0.429. The van der Waals surface area contributed by atoms with E-state index in [1.165, 1.54) is 5.03 Å². The summed E-state index contributed by atoms with van der Waals surface area (Å²) in [5.74, 6) is 0. The van der Waals surface area contributed by atoms with Gasteiger partial charge in [0.25, 0.3) is 0 Å². The fourth-order valence-corrected chi connectivity index (χ4v) is 1.59. The molecule has 0 unspecified atom stereocenters. The zero-order valence-electron chi connectivity index (χ0n) is 5.77. The first kappa shape index (κ1) is 6.75. The van der Waals surface area contributed by atoms with Gasteiger partial charge in [0.2, 0.25) is 0 Å². The van der Waals surface area contributed by atoms with Gasteiger partial charge in [-0.1, -0.05) is 18.3 Å². The van der Waals surface area contributed by atoms with Crippen molar-refractivity contribution in [3.05, 3.63) is 22.6 Å². The van der Waals surface area contributed by atoms with Gasteiger partial charge in [-0.15, -0.1) is 0 Å². The van der Waals surface area contributed by atoms with Crippen molar-refractivity contribution in [2.24, 2.45) is 0 Å². The molecule has 0 bridgehead atoms. The monoisotopic (exact) mass is 141 g/mol. The summed E-state index contributed by atoms with van der Waals surface area (Å²) in [5.41, 5.74) is 0. The maximum atomic E-state index is 3.78. The number of thioether (sulfide) groups is 1. The van der Waals surface area contributed by atoms with Gasteiger partial charge in [0.1, 0.15) is 0 Å². The van der Waals surface area contributed by atoms with E-state index in [1.807, 2.05) is 6.92 Å². The third-order valence-corrected chi connectivity index (χ3v) is 1.88. The molecule has 0 saturated carbocycles. The van der Waals surface area contributed by atoms with E-state index >= 15 is 0 Å². The Morgan fingerprint density at radius 3 is 2.78 bits per heavy atom. The molecule has 1 N–H and O–H groups in total. The second kappa shape index (κ2) is 2.48. The Kier molecular flexibility index (Phi) is 1.86. The van der Waals surface area contributed by atoms with Crippen LogP contribution in [-0.2, 0) is 0 Å². The SMILES string of the molecule is C=C(C)SC1=C[C@H](C)N1. The summed E-state index contributed by atoms with van der Waals surface area (Å²) in [6.07, 6.45) is 2.19. The normalized spacial score (nSPS) is 23.8. The molecular weight excluding hydrogens is 130 g/mol. The van der Waals surface area contributed by atoms with Crippen molar-refractivity contribution in [1.82, 2.24) is 5.32 Å². The molecule has 1 heterocycles. The topological polar surface area (TPSA) is 12.0 Å². The van der Waals surface area contributed by atoms with Crippen molar-refractivity contribution >= 4 is 11.8 Å². The molecule has 50 valence electrons. The molecule has 2 heteroatoms. The summed E-state index contributed by atoms with van der Waals surface area (Å²) < 4.78 is 0. The van der Waals surface area contributed by atoms with Crippen molar-refractivity contribution < 1.29 is 0 Å². The highest BCUT2D eigenvalue weighted by Crippen LogP contribution is 2.26. The van der Waals surface area contributed by atoms with Crippen LogP contribution in [0.5, 0.6) is 0 Å². The van der Waals surface area contributed by atoms with Gasteiger partial charge in [0.05, 0.1) is 5.03 Å². The van der Waals surface area contributed by atoms with Crippen LogP contribution in [0.25, 0.3) is 0 Å². The van der Waals surface area contributed by atoms with Gasteiger partial charge in [0, 0.05) is 6.04 Å². The molecular formula is C7H11NS. The molecule has 1 nitrogen and oxygen atoms in total. The average Bonchev–Trinajstić information content (AvgIpc) is 1.60. The molecule has 0 aromatic rings. The van der Waals surface area contributed by atoms with Gasteiger partial charge in [-0.05, 0) is 24.8 Å². The van der Waals surface area contributed by atoms with E-state index in [9.17, 15) is 0 Å². The summed E-state index contributed by atoms with van der Waals surface area (Å²) in [6, 6.07) is 0.562. The zero-order valence-corrected chi connectivity index (χ0v) is 6.59. The highest BCUT2D eigenvalue weighted by atomic mass is 32.2. The van der Waals surface area contributed by atoms with Crippen molar-refractivity contribution in [3.63, 3.8) is 0 Å². The Bertz CT molecular complexity index is 160. The average molecular weight is 141 g/mol. The fourth-order valence-electron chi connectivity index (χ4n) is 0.696. The predicted octanol–water partition coefficient (Wildman–Crippen LogP) is 2.09. The minimum absolute atomic E-state index is 0.562. The summed E-state index contributed by atoms with van der Waals surface area (Å²) in [6.45, 7) is 7.92. The van der Waals surface area contributed by atoms with Gasteiger partial charge in [0.15, 0.2) is 0 Å². The molecule has 1 rings (SSSR count). The molecule has 9 heavy (non-hydrogen) atoms. The van der Waals surface area contributed by atoms with Crippen molar-refractivity contribution in [2.75, 3.05) is 0 Å². The number of hydrogen-bond donors (Lipinski definition) is 1. The van der Waals surface area contributed by atoms with E-state index in [1.54, 1.807) is 11.8 Å². The molecule has 0 aromatic carbocycles. The predicted molar refractivity (Wildman–Crippen MR) is 43.1 cm³/mol. The minimum Gasteiger partial charge on any atom is -0.374 e. The third kappa shape index (κ3) is 1.79. The largest absolute Gasteiger partial charge is 0.374 e. The van der Waals surface area contributed by atoms with Crippen LogP contribution in [-0.4, -0.2) is 6.04 Å². The molecule has 0 spiro atoms. The highest BCUT2D eigenvalue weighted by molar-refractivity contribution is 8.06. The Labute approximate surface area is 60.2 Å². The smallest absolute Gasteiger partial charge is 0.0710 e. The van der Waals surface area contributed by atoms with E-state index in [-0.39, 0.29) is 0 Å². The van der Waals surface area contributed by atoms with Crippen LogP contribution < -0.4 is 5.32 Å². The lowest BCUT2D eigenvalue weighted by atomic mass is 10.2. The van der Waals surface area contributed by atoms with Gasteiger partial charge in [-0.3, -0.25) is 0 Å². The van der Waals surface area contributed by atoms with Gasteiger partial charge in [-0.2, -0.15) is 0 Å². The van der Waals surface area contributed by atoms with E-state index in [0.717, 1.165) is 4.91 Å². The summed E-state index contributed by atoms with van der Waals surface area (Å²) >= 11 is 1.70. The van der Waals surface area contributed by atoms with E-state index < -0.39 is 0 Å². The highest BCUT2D eigenvalue weighted by Gasteiger charge is 2.11. The Hall–Kier alpha value is -0.370. The van der Waals surface area contributed by atoms with Crippen molar-refractivity contribution in [1.29, 1.82) is 0 Å². The zero-order chi connectivity index (χ0) is 6.85. The standard InChI is InChI=1S/C7H11NS/c1-5(2)9-7-4-6(3)8-7/h4,6,8H,1H2,2-3H3/t6-/m0/s1. The molecule has 0 fully saturated rings. The van der Waals surface area contributed by atoms with E-state index in [2.05, 4.69) is 24.9 Å². The lowest BCUT2D eigenvalue weighted by Crippen LogP contribution is -2.31. The van der Waals surface area contributed by atoms with Crippen LogP contribution >= 0.6 is 11.8 Å². The number of hydrogen-bond acceptors (Lipinski definition) is 2. The lowest BCUT2D eigenvalue weighted by Gasteiger charge is -2.24. The molecule has 0 aromatic heterocycles. The molecule has 1 aliphatic rings. The second-order valence-electron chi connectivity index (χ2n) is 2.27. The maximum absolute atomic E-state index is 3.78. The molecule has 0 aliphatic carbocycles. The minimum atomic E-state index is 0.562. The first-order valence-corrected chi connectivity index (χ1v) is 3.82. The van der Waals surface area contributed by atoms with Crippen LogP contribution in [0, 0.1) is 0 Å². The van der Waals surface area contributed by atoms with E-state index in [0.29, 0.717) is 6.04 Å². The molecule has 1 atom stereocenters. The molecule has 1 aliphatic heterocycles. The van der Waals surface area contributed by atoms with Crippen LogP contribution in [0.15, 0.2) is 22.6 Å². The Morgan fingerprint density at radius 2 is 2.44 bits per heavy atom. The quantitative estimate of drug-likeness (QED) is 0.632. The van der Waals surface area contributed by atoms with Crippen LogP contribution in [0.4, 0.5) is 0 Å². The molecule has 0 radical (unpaired) electrons. The third-order valence-electron chi connectivity index (χ3n) is 1.06. The second-order valence-corrected chi connectivity index (χ2v) is 3.61. The number of nitrogens with one attached hydrogen (secondary N) is 1. The summed E-state index contributed by atoms with van der Waals surface area (Å²) in [7, 11) is 0. The maximum Gasteiger partial charge on any atom is 0.0710 e. The summed E-state index contributed by atoms with van der Waals surface area (Å²) in [5, 5.41) is 4.48. The number of allylic oxidation sites excluding steroid dienone is 1. The Morgan fingerprint density at radius 1 is 1.89 bits per heavy atom. The van der Waals surface area contributed by atoms with Crippen LogP contribution in [0.2, 0.25) is 0 Å². The van der Waals surface area contributed by atoms with Crippen LogP contribution in [0.3, 0.4) is 0 Å². The lowest BCUT2D eigenvalue weighted by molar-refractivity contribution is 0.688. The summed E-state index contributed by atoms with van der Waals surface area (Å²) in [4.78, 5) is 1.14. The number of rotatable bonds is 2. The Balaban J connectivity index is 2.32. The van der Waals surface area contributed by atoms with Gasteiger partial charge >= 0.3 is 0 Å². The first-order chi connectivity index (χ1) is 4.18. The van der Waals surface area contributed by atoms with Crippen molar-refractivity contribution in [3.8, 4) is 0 Å². The van der Waals surface area contributed by atoms with Gasteiger partial charge < -0.3 is 5.32 Å². The van der Waals surface area contributed by atoms with Crippen LogP contribution in [0.1, 0.15) is 13.8 Å². The van der Waals surface area contributed by atoms with Gasteiger partial charge in [-0.25, -0.2) is 0 Å². The van der Waals surface area contributed by atoms with E-state index in [4.69, 9.17) is 0 Å². The molecule has 0 saturated heterocycles.